The minimum Gasteiger partial charge on any atom is -0.497 e. The van der Waals surface area contributed by atoms with Crippen molar-refractivity contribution in [2.75, 3.05) is 32.4 Å². The number of carbonyl (C=O) groups is 2. The summed E-state index contributed by atoms with van der Waals surface area (Å²) in [5, 5.41) is 3.62. The predicted molar refractivity (Wildman–Crippen MR) is 131 cm³/mol. The number of anilines is 1. The molecule has 3 rings (SSSR count). The average Bonchev–Trinajstić information content (AvgIpc) is 2.86. The number of hydrogen-bond donors (Lipinski definition) is 1. The molecule has 0 saturated carbocycles. The fourth-order valence-electron chi connectivity index (χ4n) is 3.29. The number of aromatic nitrogens is 2. The molecule has 9 nitrogen and oxygen atoms in total. The predicted octanol–water partition coefficient (Wildman–Crippen LogP) is 3.73. The fraction of sp³-hybridized carbons (Fsp3) is 0.333. The lowest BCUT2D eigenvalue weighted by Gasteiger charge is -2.14. The van der Waals surface area contributed by atoms with Gasteiger partial charge in [-0.15, -0.1) is 0 Å². The monoisotopic (exact) mass is 485 g/mol. The number of nitrogens with zero attached hydrogens (tertiary/aromatic N) is 2. The van der Waals surface area contributed by atoms with Crippen LogP contribution in [0.15, 0.2) is 46.3 Å². The van der Waals surface area contributed by atoms with Crippen molar-refractivity contribution in [3.8, 4) is 11.5 Å². The van der Waals surface area contributed by atoms with Crippen LogP contribution in [-0.4, -0.2) is 48.5 Å². The number of rotatable bonds is 10. The van der Waals surface area contributed by atoms with Gasteiger partial charge in [-0.2, -0.15) is 0 Å². The molecule has 1 aromatic heterocycles. The zero-order valence-corrected chi connectivity index (χ0v) is 20.4. The van der Waals surface area contributed by atoms with Gasteiger partial charge in [0, 0.05) is 12.6 Å². The summed E-state index contributed by atoms with van der Waals surface area (Å²) in [6.07, 6.45) is 1.68. The van der Waals surface area contributed by atoms with Gasteiger partial charge in [0.1, 0.15) is 11.5 Å². The second-order valence-electron chi connectivity index (χ2n) is 7.33. The molecule has 0 atom stereocenters. The van der Waals surface area contributed by atoms with E-state index in [4.69, 9.17) is 14.2 Å². The highest BCUT2D eigenvalue weighted by Crippen LogP contribution is 2.29. The van der Waals surface area contributed by atoms with E-state index in [9.17, 15) is 14.4 Å². The van der Waals surface area contributed by atoms with Gasteiger partial charge in [0.15, 0.2) is 5.16 Å². The van der Waals surface area contributed by atoms with Crippen molar-refractivity contribution >= 4 is 40.2 Å². The number of thioether (sulfide) groups is 1. The van der Waals surface area contributed by atoms with E-state index in [1.807, 2.05) is 6.92 Å². The molecule has 180 valence electrons. The lowest BCUT2D eigenvalue weighted by Crippen LogP contribution is -2.24. The van der Waals surface area contributed by atoms with Gasteiger partial charge in [-0.05, 0) is 36.8 Å². The first-order chi connectivity index (χ1) is 16.4. The van der Waals surface area contributed by atoms with Gasteiger partial charge in [0.05, 0.1) is 49.2 Å². The van der Waals surface area contributed by atoms with Gasteiger partial charge in [-0.3, -0.25) is 14.2 Å². The molecule has 3 aromatic rings. The first-order valence-corrected chi connectivity index (χ1v) is 11.7. The summed E-state index contributed by atoms with van der Waals surface area (Å²) >= 11 is 1.15. The molecule has 34 heavy (non-hydrogen) atoms. The maximum absolute atomic E-state index is 13.1. The van der Waals surface area contributed by atoms with E-state index < -0.39 is 5.97 Å². The lowest BCUT2D eigenvalue weighted by atomic mass is 10.1. The second kappa shape index (κ2) is 11.6. The van der Waals surface area contributed by atoms with Crippen molar-refractivity contribution in [1.29, 1.82) is 0 Å². The summed E-state index contributed by atoms with van der Waals surface area (Å²) in [5.74, 6) is 0.303. The third-order valence-corrected chi connectivity index (χ3v) is 6.07. The number of unbranched alkanes of at least 4 members (excludes halogenated alkanes) is 1. The Bertz CT molecular complexity index is 1260. The summed E-state index contributed by atoms with van der Waals surface area (Å²) in [5.41, 5.74) is 0.968. The molecule has 1 N–H and O–H groups in total. The summed E-state index contributed by atoms with van der Waals surface area (Å²) in [4.78, 5) is 42.3. The van der Waals surface area contributed by atoms with E-state index >= 15 is 0 Å². The third-order valence-electron chi connectivity index (χ3n) is 5.09. The number of hydrogen-bond acceptors (Lipinski definition) is 8. The Balaban J connectivity index is 1.87. The van der Waals surface area contributed by atoms with Crippen LogP contribution >= 0.6 is 11.8 Å². The largest absolute Gasteiger partial charge is 0.497 e. The summed E-state index contributed by atoms with van der Waals surface area (Å²) < 4.78 is 16.8. The highest BCUT2D eigenvalue weighted by Gasteiger charge is 2.16. The van der Waals surface area contributed by atoms with Crippen LogP contribution in [0, 0.1) is 0 Å². The van der Waals surface area contributed by atoms with Crippen molar-refractivity contribution in [1.82, 2.24) is 9.55 Å². The van der Waals surface area contributed by atoms with Gasteiger partial charge < -0.3 is 19.5 Å². The lowest BCUT2D eigenvalue weighted by molar-refractivity contribution is -0.113. The van der Waals surface area contributed by atoms with E-state index in [1.165, 1.54) is 20.3 Å². The zero-order chi connectivity index (χ0) is 24.7. The minimum absolute atomic E-state index is 0.0238. The Morgan fingerprint density at radius 3 is 2.56 bits per heavy atom. The Kier molecular flexibility index (Phi) is 8.53. The minimum atomic E-state index is -0.513. The summed E-state index contributed by atoms with van der Waals surface area (Å²) in [6.45, 7) is 2.51. The van der Waals surface area contributed by atoms with E-state index in [-0.39, 0.29) is 17.2 Å². The molecule has 0 spiro atoms. The van der Waals surface area contributed by atoms with Crippen LogP contribution in [0.5, 0.6) is 11.5 Å². The standard InChI is InChI=1S/C24H27N3O6S/c1-5-6-11-27-22(29)17-9-7-15(23(30)33-4)12-19(17)26-24(27)34-14-21(28)25-18-10-8-16(31-2)13-20(18)32-3/h7-10,12-13H,5-6,11,14H2,1-4H3,(H,25,28). The number of esters is 1. The smallest absolute Gasteiger partial charge is 0.337 e. The van der Waals surface area contributed by atoms with Crippen molar-refractivity contribution < 1.29 is 23.8 Å². The third kappa shape index (κ3) is 5.69. The SMILES string of the molecule is CCCCn1c(SCC(=O)Nc2ccc(OC)cc2OC)nc2cc(C(=O)OC)ccc2c1=O. The molecule has 0 saturated heterocycles. The molecule has 0 fully saturated rings. The fourth-order valence-corrected chi connectivity index (χ4v) is 4.11. The average molecular weight is 486 g/mol. The number of benzene rings is 2. The van der Waals surface area contributed by atoms with Gasteiger partial charge in [0.2, 0.25) is 5.91 Å². The van der Waals surface area contributed by atoms with Crippen LogP contribution in [0.3, 0.4) is 0 Å². The Morgan fingerprint density at radius 2 is 1.88 bits per heavy atom. The van der Waals surface area contributed by atoms with Gasteiger partial charge in [-0.1, -0.05) is 25.1 Å². The number of methoxy groups -OCH3 is 3. The quantitative estimate of drug-likeness (QED) is 0.263. The molecule has 0 bridgehead atoms. The Morgan fingerprint density at radius 1 is 1.09 bits per heavy atom. The molecule has 1 heterocycles. The molecule has 0 aliphatic carbocycles. The molecule has 0 radical (unpaired) electrons. The first kappa shape index (κ1) is 25.1. The maximum Gasteiger partial charge on any atom is 0.337 e. The number of fused-ring (bicyclic) bond motifs is 1. The normalized spacial score (nSPS) is 10.7. The summed E-state index contributed by atoms with van der Waals surface area (Å²) in [7, 11) is 4.35. The highest BCUT2D eigenvalue weighted by atomic mass is 32.2. The molecule has 0 aliphatic rings. The molecule has 2 aromatic carbocycles. The van der Waals surface area contributed by atoms with Gasteiger partial charge in [-0.25, -0.2) is 9.78 Å². The topological polar surface area (TPSA) is 109 Å². The van der Waals surface area contributed by atoms with Crippen molar-refractivity contribution in [3.63, 3.8) is 0 Å². The van der Waals surface area contributed by atoms with E-state index in [0.717, 1.165) is 24.6 Å². The molecular weight excluding hydrogens is 458 g/mol. The number of ether oxygens (including phenoxy) is 3. The van der Waals surface area contributed by atoms with Crippen LogP contribution in [-0.2, 0) is 16.1 Å². The summed E-state index contributed by atoms with van der Waals surface area (Å²) in [6, 6.07) is 9.74. The van der Waals surface area contributed by atoms with Crippen LogP contribution in [0.4, 0.5) is 5.69 Å². The zero-order valence-electron chi connectivity index (χ0n) is 19.5. The molecule has 10 heteroatoms. The molecule has 1 amide bonds. The first-order valence-electron chi connectivity index (χ1n) is 10.7. The highest BCUT2D eigenvalue weighted by molar-refractivity contribution is 7.99. The Hall–Kier alpha value is -3.53. The van der Waals surface area contributed by atoms with Gasteiger partial charge >= 0.3 is 5.97 Å². The van der Waals surface area contributed by atoms with Crippen LogP contribution in [0.2, 0.25) is 0 Å². The van der Waals surface area contributed by atoms with E-state index in [2.05, 4.69) is 10.3 Å². The van der Waals surface area contributed by atoms with Crippen molar-refractivity contribution in [2.24, 2.45) is 0 Å². The maximum atomic E-state index is 13.1. The van der Waals surface area contributed by atoms with Crippen LogP contribution in [0.25, 0.3) is 10.9 Å². The number of amides is 1. The molecular formula is C24H27N3O6S. The number of carbonyl (C=O) groups excluding carboxylic acids is 2. The Labute approximate surface area is 201 Å². The van der Waals surface area contributed by atoms with Crippen molar-refractivity contribution in [2.45, 2.75) is 31.5 Å². The molecule has 0 unspecified atom stereocenters. The van der Waals surface area contributed by atoms with Gasteiger partial charge in [0.25, 0.3) is 5.56 Å². The second-order valence-corrected chi connectivity index (χ2v) is 8.27. The van der Waals surface area contributed by atoms with E-state index in [0.29, 0.717) is 45.4 Å². The van der Waals surface area contributed by atoms with Crippen molar-refractivity contribution in [3.05, 3.63) is 52.3 Å². The molecule has 0 aliphatic heterocycles. The van der Waals surface area contributed by atoms with Crippen LogP contribution in [0.1, 0.15) is 30.1 Å². The van der Waals surface area contributed by atoms with Crippen LogP contribution < -0.4 is 20.3 Å². The number of nitrogens with one attached hydrogen (secondary N) is 1. The van der Waals surface area contributed by atoms with E-state index in [1.54, 1.807) is 42.0 Å².